The van der Waals surface area contributed by atoms with Crippen LogP contribution in [0.15, 0.2) is 23.6 Å². The Bertz CT molecular complexity index is 667. The third kappa shape index (κ3) is 3.23. The Balaban J connectivity index is 2.38. The molecule has 1 aromatic carbocycles. The van der Waals surface area contributed by atoms with Crippen LogP contribution in [0, 0.1) is 0 Å². The van der Waals surface area contributed by atoms with Crippen molar-refractivity contribution in [2.75, 3.05) is 6.61 Å². The summed E-state index contributed by atoms with van der Waals surface area (Å²) in [5.41, 5.74) is 0.632. The first-order valence-corrected chi connectivity index (χ1v) is 8.09. The highest BCUT2D eigenvalue weighted by Gasteiger charge is 2.34. The molecule has 0 radical (unpaired) electrons. The van der Waals surface area contributed by atoms with E-state index < -0.39 is 5.41 Å². The van der Waals surface area contributed by atoms with Gasteiger partial charge in [-0.25, -0.2) is 4.98 Å². The van der Waals surface area contributed by atoms with E-state index in [0.717, 1.165) is 10.6 Å². The lowest BCUT2D eigenvalue weighted by Crippen LogP contribution is -2.31. The summed E-state index contributed by atoms with van der Waals surface area (Å²) in [7, 11) is 0. The van der Waals surface area contributed by atoms with Crippen molar-refractivity contribution in [3.05, 3.63) is 39.3 Å². The average molecular weight is 344 g/mol. The molecule has 0 fully saturated rings. The van der Waals surface area contributed by atoms with Gasteiger partial charge in [-0.3, -0.25) is 4.79 Å². The van der Waals surface area contributed by atoms with E-state index in [-0.39, 0.29) is 5.97 Å². The van der Waals surface area contributed by atoms with Crippen LogP contribution in [0.3, 0.4) is 0 Å². The van der Waals surface area contributed by atoms with Crippen LogP contribution in [0.4, 0.5) is 0 Å². The second-order valence-corrected chi connectivity index (χ2v) is 6.63. The molecule has 0 saturated carbocycles. The van der Waals surface area contributed by atoms with Gasteiger partial charge in [0, 0.05) is 10.9 Å². The van der Waals surface area contributed by atoms with E-state index in [2.05, 4.69) is 4.98 Å². The molecule has 0 N–H and O–H groups in total. The second-order valence-electron chi connectivity index (χ2n) is 4.98. The van der Waals surface area contributed by atoms with Gasteiger partial charge in [0.15, 0.2) is 0 Å². The Labute approximate surface area is 137 Å². The van der Waals surface area contributed by atoms with Gasteiger partial charge in [-0.15, -0.1) is 11.3 Å². The monoisotopic (exact) mass is 343 g/mol. The summed E-state index contributed by atoms with van der Waals surface area (Å²) in [6, 6.07) is 5.40. The van der Waals surface area contributed by atoms with Crippen molar-refractivity contribution in [2.24, 2.45) is 0 Å². The Morgan fingerprint density at radius 2 is 2.10 bits per heavy atom. The first kappa shape index (κ1) is 16.3. The number of hydrogen-bond acceptors (Lipinski definition) is 4. The van der Waals surface area contributed by atoms with Gasteiger partial charge in [-0.2, -0.15) is 0 Å². The van der Waals surface area contributed by atoms with Gasteiger partial charge in [0.1, 0.15) is 10.4 Å². The van der Waals surface area contributed by atoms with Gasteiger partial charge in [-0.1, -0.05) is 35.3 Å². The van der Waals surface area contributed by atoms with Crippen molar-refractivity contribution >= 4 is 40.5 Å². The lowest BCUT2D eigenvalue weighted by atomic mass is 9.90. The SMILES string of the molecule is CCOC(=O)C(C)(C)c1csc(-c2cccc(Cl)c2Cl)n1. The van der Waals surface area contributed by atoms with Gasteiger partial charge in [0.2, 0.25) is 0 Å². The number of aromatic nitrogens is 1. The number of halogens is 2. The zero-order chi connectivity index (χ0) is 15.6. The number of hydrogen-bond donors (Lipinski definition) is 0. The van der Waals surface area contributed by atoms with Crippen LogP contribution < -0.4 is 0 Å². The average Bonchev–Trinajstić information content (AvgIpc) is 2.92. The van der Waals surface area contributed by atoms with Crippen LogP contribution in [0.5, 0.6) is 0 Å². The fraction of sp³-hybridized carbons (Fsp3) is 0.333. The van der Waals surface area contributed by atoms with E-state index in [9.17, 15) is 4.79 Å². The molecule has 0 aliphatic rings. The molecule has 0 aliphatic heterocycles. The van der Waals surface area contributed by atoms with Gasteiger partial charge in [-0.05, 0) is 26.8 Å². The molecule has 3 nitrogen and oxygen atoms in total. The zero-order valence-electron chi connectivity index (χ0n) is 11.9. The van der Waals surface area contributed by atoms with Gasteiger partial charge in [0.05, 0.1) is 22.3 Å². The van der Waals surface area contributed by atoms with Gasteiger partial charge >= 0.3 is 5.97 Å². The highest BCUT2D eigenvalue weighted by Crippen LogP contribution is 2.37. The van der Waals surface area contributed by atoms with Crippen LogP contribution in [0.25, 0.3) is 10.6 Å². The van der Waals surface area contributed by atoms with Crippen molar-refractivity contribution in [3.63, 3.8) is 0 Å². The van der Waals surface area contributed by atoms with Crippen LogP contribution >= 0.6 is 34.5 Å². The summed E-state index contributed by atoms with van der Waals surface area (Å²) in [4.78, 5) is 16.6. The fourth-order valence-electron chi connectivity index (χ4n) is 1.77. The molecule has 0 spiro atoms. The van der Waals surface area contributed by atoms with E-state index in [1.54, 1.807) is 26.8 Å². The van der Waals surface area contributed by atoms with Crippen LogP contribution in [0.2, 0.25) is 10.0 Å². The summed E-state index contributed by atoms with van der Waals surface area (Å²) in [6.07, 6.45) is 0. The zero-order valence-corrected chi connectivity index (χ0v) is 14.3. The van der Waals surface area contributed by atoms with Gasteiger partial charge < -0.3 is 4.74 Å². The molecule has 2 rings (SSSR count). The number of thiazole rings is 1. The number of esters is 1. The lowest BCUT2D eigenvalue weighted by Gasteiger charge is -2.19. The Morgan fingerprint density at radius 1 is 1.38 bits per heavy atom. The minimum absolute atomic E-state index is 0.293. The van der Waals surface area contributed by atoms with E-state index in [0.29, 0.717) is 22.3 Å². The predicted octanol–water partition coefficient (Wildman–Crippen LogP) is 4.96. The minimum atomic E-state index is -0.796. The molecule has 1 heterocycles. The van der Waals surface area contributed by atoms with Crippen LogP contribution in [0.1, 0.15) is 26.5 Å². The van der Waals surface area contributed by atoms with E-state index in [4.69, 9.17) is 27.9 Å². The standard InChI is InChI=1S/C15H15Cl2NO2S/c1-4-20-14(19)15(2,3)11-8-21-13(18-11)9-6-5-7-10(16)12(9)17/h5-8H,4H2,1-3H3. The topological polar surface area (TPSA) is 39.2 Å². The third-order valence-electron chi connectivity index (χ3n) is 3.11. The van der Waals surface area contributed by atoms with Gasteiger partial charge in [0.25, 0.3) is 0 Å². The van der Waals surface area contributed by atoms with Crippen molar-refractivity contribution in [3.8, 4) is 10.6 Å². The Kier molecular flexibility index (Phi) is 4.91. The molecule has 112 valence electrons. The van der Waals surface area contributed by atoms with Crippen LogP contribution in [-0.2, 0) is 14.9 Å². The van der Waals surface area contributed by atoms with Crippen molar-refractivity contribution < 1.29 is 9.53 Å². The Morgan fingerprint density at radius 3 is 2.76 bits per heavy atom. The summed E-state index contributed by atoms with van der Waals surface area (Å²) in [5, 5.41) is 3.53. The van der Waals surface area contributed by atoms with Crippen LogP contribution in [-0.4, -0.2) is 17.6 Å². The number of nitrogens with zero attached hydrogens (tertiary/aromatic N) is 1. The molecule has 0 amide bonds. The minimum Gasteiger partial charge on any atom is -0.465 e. The maximum Gasteiger partial charge on any atom is 0.317 e. The number of ether oxygens (including phenoxy) is 1. The highest BCUT2D eigenvalue weighted by atomic mass is 35.5. The quantitative estimate of drug-likeness (QED) is 0.736. The number of carbonyl (C=O) groups is 1. The fourth-order valence-corrected chi connectivity index (χ4v) is 3.23. The largest absolute Gasteiger partial charge is 0.465 e. The molecule has 21 heavy (non-hydrogen) atoms. The molecule has 2 aromatic rings. The van der Waals surface area contributed by atoms with Crippen molar-refractivity contribution in [1.29, 1.82) is 0 Å². The lowest BCUT2D eigenvalue weighted by molar-refractivity contribution is -0.148. The molecule has 0 saturated heterocycles. The molecule has 1 aromatic heterocycles. The predicted molar refractivity (Wildman–Crippen MR) is 87.2 cm³/mol. The molecular formula is C15H15Cl2NO2S. The second kappa shape index (κ2) is 6.34. The molecule has 0 aliphatic carbocycles. The summed E-state index contributed by atoms with van der Waals surface area (Å²) in [6.45, 7) is 5.72. The van der Waals surface area contributed by atoms with Crippen molar-refractivity contribution in [2.45, 2.75) is 26.2 Å². The van der Waals surface area contributed by atoms with E-state index >= 15 is 0 Å². The normalized spacial score (nSPS) is 11.5. The van der Waals surface area contributed by atoms with Crippen molar-refractivity contribution in [1.82, 2.24) is 4.98 Å². The smallest absolute Gasteiger partial charge is 0.317 e. The van der Waals surface area contributed by atoms with E-state index in [1.165, 1.54) is 11.3 Å². The third-order valence-corrected chi connectivity index (χ3v) is 4.81. The Hall–Kier alpha value is -1.10. The maximum atomic E-state index is 12.0. The van der Waals surface area contributed by atoms with E-state index in [1.807, 2.05) is 17.5 Å². The number of rotatable bonds is 4. The molecule has 0 atom stereocenters. The molecule has 0 bridgehead atoms. The highest BCUT2D eigenvalue weighted by molar-refractivity contribution is 7.13. The molecule has 0 unspecified atom stereocenters. The number of carbonyl (C=O) groups excluding carboxylic acids is 1. The number of benzene rings is 1. The summed E-state index contributed by atoms with van der Waals surface area (Å²) in [5.74, 6) is -0.293. The molecule has 6 heteroatoms. The first-order chi connectivity index (χ1) is 9.87. The summed E-state index contributed by atoms with van der Waals surface area (Å²) < 4.78 is 5.10. The molecular weight excluding hydrogens is 329 g/mol. The summed E-state index contributed by atoms with van der Waals surface area (Å²) >= 11 is 13.7. The maximum absolute atomic E-state index is 12.0. The first-order valence-electron chi connectivity index (χ1n) is 6.45.